The van der Waals surface area contributed by atoms with Gasteiger partial charge in [-0.3, -0.25) is 0 Å². The molecule has 0 spiro atoms. The molecule has 0 amide bonds. The Hall–Kier alpha value is -0.950. The summed E-state index contributed by atoms with van der Waals surface area (Å²) in [6.07, 6.45) is 1.90. The molecule has 0 bridgehead atoms. The Balaban J connectivity index is 3.02. The first-order valence-electron chi connectivity index (χ1n) is 4.33. The minimum absolute atomic E-state index is 0.188. The van der Waals surface area contributed by atoms with Gasteiger partial charge < -0.3 is 5.73 Å². The van der Waals surface area contributed by atoms with Crippen LogP contribution in [-0.4, -0.2) is 0 Å². The summed E-state index contributed by atoms with van der Waals surface area (Å²) in [4.78, 5) is 0. The summed E-state index contributed by atoms with van der Waals surface area (Å²) < 4.78 is 0. The summed E-state index contributed by atoms with van der Waals surface area (Å²) >= 11 is 6.03. The SMILES string of the molecule is C/C=C(\Cl)C(C)c1ccccc1N. The van der Waals surface area contributed by atoms with E-state index in [1.807, 2.05) is 44.2 Å². The smallest absolute Gasteiger partial charge is 0.0353 e. The quantitative estimate of drug-likeness (QED) is 0.719. The summed E-state index contributed by atoms with van der Waals surface area (Å²) in [5, 5.41) is 0.831. The van der Waals surface area contributed by atoms with Gasteiger partial charge in [-0.25, -0.2) is 0 Å². The van der Waals surface area contributed by atoms with E-state index in [1.165, 1.54) is 0 Å². The van der Waals surface area contributed by atoms with Gasteiger partial charge in [-0.05, 0) is 18.6 Å². The fourth-order valence-electron chi connectivity index (χ4n) is 1.30. The third-order valence-corrected chi connectivity index (χ3v) is 2.70. The molecular weight excluding hydrogens is 182 g/mol. The lowest BCUT2D eigenvalue weighted by atomic mass is 9.99. The first-order chi connectivity index (χ1) is 6.16. The number of para-hydroxylation sites is 1. The van der Waals surface area contributed by atoms with Crippen molar-refractivity contribution in [1.29, 1.82) is 0 Å². The molecule has 1 atom stereocenters. The van der Waals surface area contributed by atoms with Crippen LogP contribution in [0.25, 0.3) is 0 Å². The lowest BCUT2D eigenvalue weighted by molar-refractivity contribution is 0.948. The number of allylic oxidation sites excluding steroid dienone is 2. The van der Waals surface area contributed by atoms with Gasteiger partial charge in [0.2, 0.25) is 0 Å². The van der Waals surface area contributed by atoms with Crippen molar-refractivity contribution in [3.63, 3.8) is 0 Å². The molecule has 0 aliphatic heterocycles. The number of benzene rings is 1. The predicted molar refractivity (Wildman–Crippen MR) is 58.9 cm³/mol. The maximum Gasteiger partial charge on any atom is 0.0353 e. The Morgan fingerprint density at radius 2 is 2.08 bits per heavy atom. The molecule has 0 aromatic heterocycles. The fourth-order valence-corrected chi connectivity index (χ4v) is 1.42. The Morgan fingerprint density at radius 1 is 1.46 bits per heavy atom. The van der Waals surface area contributed by atoms with Crippen LogP contribution in [0.2, 0.25) is 0 Å². The van der Waals surface area contributed by atoms with Crippen molar-refractivity contribution in [2.24, 2.45) is 0 Å². The van der Waals surface area contributed by atoms with Crippen molar-refractivity contribution in [3.05, 3.63) is 40.9 Å². The van der Waals surface area contributed by atoms with Gasteiger partial charge in [-0.2, -0.15) is 0 Å². The van der Waals surface area contributed by atoms with E-state index in [2.05, 4.69) is 0 Å². The molecule has 0 radical (unpaired) electrons. The first kappa shape index (κ1) is 10.1. The van der Waals surface area contributed by atoms with Crippen LogP contribution < -0.4 is 5.73 Å². The second-order valence-electron chi connectivity index (χ2n) is 3.02. The second-order valence-corrected chi connectivity index (χ2v) is 3.46. The highest BCUT2D eigenvalue weighted by Gasteiger charge is 2.10. The van der Waals surface area contributed by atoms with Crippen LogP contribution in [0.15, 0.2) is 35.4 Å². The van der Waals surface area contributed by atoms with Crippen molar-refractivity contribution in [2.75, 3.05) is 5.73 Å². The Morgan fingerprint density at radius 3 is 2.62 bits per heavy atom. The molecule has 0 aliphatic rings. The largest absolute Gasteiger partial charge is 0.398 e. The van der Waals surface area contributed by atoms with Crippen LogP contribution in [0, 0.1) is 0 Å². The Kier molecular flexibility index (Phi) is 3.38. The molecule has 0 heterocycles. The van der Waals surface area contributed by atoms with Crippen molar-refractivity contribution < 1.29 is 0 Å². The molecule has 1 unspecified atom stereocenters. The van der Waals surface area contributed by atoms with Crippen molar-refractivity contribution in [1.82, 2.24) is 0 Å². The number of nitrogen functional groups attached to an aromatic ring is 1. The van der Waals surface area contributed by atoms with E-state index in [0.717, 1.165) is 16.3 Å². The van der Waals surface area contributed by atoms with Crippen LogP contribution in [-0.2, 0) is 0 Å². The maximum atomic E-state index is 6.03. The van der Waals surface area contributed by atoms with Gasteiger partial charge in [0.15, 0.2) is 0 Å². The van der Waals surface area contributed by atoms with E-state index in [9.17, 15) is 0 Å². The minimum atomic E-state index is 0.188. The average molecular weight is 196 g/mol. The van der Waals surface area contributed by atoms with Gasteiger partial charge in [0.25, 0.3) is 0 Å². The van der Waals surface area contributed by atoms with Gasteiger partial charge in [0, 0.05) is 16.6 Å². The van der Waals surface area contributed by atoms with Gasteiger partial charge in [0.05, 0.1) is 0 Å². The molecule has 1 aromatic carbocycles. The normalized spacial score (nSPS) is 14.2. The molecule has 0 aliphatic carbocycles. The lowest BCUT2D eigenvalue weighted by Gasteiger charge is -2.12. The van der Waals surface area contributed by atoms with Crippen LogP contribution in [0.4, 0.5) is 5.69 Å². The molecule has 13 heavy (non-hydrogen) atoms. The summed E-state index contributed by atoms with van der Waals surface area (Å²) in [5.41, 5.74) is 7.72. The molecule has 1 nitrogen and oxygen atoms in total. The molecular formula is C11H14ClN. The number of hydrogen-bond acceptors (Lipinski definition) is 1. The molecule has 0 saturated heterocycles. The van der Waals surface area contributed by atoms with E-state index in [1.54, 1.807) is 0 Å². The maximum absolute atomic E-state index is 6.03. The predicted octanol–water partition coefficient (Wildman–Crippen LogP) is 3.51. The van der Waals surface area contributed by atoms with E-state index < -0.39 is 0 Å². The standard InChI is InChI=1S/C11H14ClN/c1-3-10(12)8(2)9-6-4-5-7-11(9)13/h3-8H,13H2,1-2H3/b10-3-. The zero-order valence-corrected chi connectivity index (χ0v) is 8.68. The van der Waals surface area contributed by atoms with Gasteiger partial charge >= 0.3 is 0 Å². The number of nitrogens with two attached hydrogens (primary N) is 1. The average Bonchev–Trinajstić information content (AvgIpc) is 2.16. The van der Waals surface area contributed by atoms with E-state index >= 15 is 0 Å². The first-order valence-corrected chi connectivity index (χ1v) is 4.70. The highest BCUT2D eigenvalue weighted by molar-refractivity contribution is 6.30. The third kappa shape index (κ3) is 2.25. The number of hydrogen-bond donors (Lipinski definition) is 1. The monoisotopic (exact) mass is 195 g/mol. The van der Waals surface area contributed by atoms with E-state index in [0.29, 0.717) is 0 Å². The van der Waals surface area contributed by atoms with Crippen LogP contribution in [0.5, 0.6) is 0 Å². The summed E-state index contributed by atoms with van der Waals surface area (Å²) in [5.74, 6) is 0.188. The number of anilines is 1. The number of halogens is 1. The van der Waals surface area contributed by atoms with Gasteiger partial charge in [-0.15, -0.1) is 0 Å². The second kappa shape index (κ2) is 4.33. The molecule has 0 saturated carbocycles. The lowest BCUT2D eigenvalue weighted by Crippen LogP contribution is -1.98. The molecule has 0 fully saturated rings. The number of rotatable bonds is 2. The molecule has 2 N–H and O–H groups in total. The molecule has 1 aromatic rings. The van der Waals surface area contributed by atoms with Crippen molar-refractivity contribution in [2.45, 2.75) is 19.8 Å². The van der Waals surface area contributed by atoms with E-state index in [-0.39, 0.29) is 5.92 Å². The summed E-state index contributed by atoms with van der Waals surface area (Å²) in [6, 6.07) is 7.80. The highest BCUT2D eigenvalue weighted by atomic mass is 35.5. The van der Waals surface area contributed by atoms with Gasteiger partial charge in [-0.1, -0.05) is 42.8 Å². The zero-order chi connectivity index (χ0) is 9.84. The molecule has 2 heteroatoms. The topological polar surface area (TPSA) is 26.0 Å². The highest BCUT2D eigenvalue weighted by Crippen LogP contribution is 2.29. The van der Waals surface area contributed by atoms with Crippen LogP contribution >= 0.6 is 11.6 Å². The minimum Gasteiger partial charge on any atom is -0.398 e. The van der Waals surface area contributed by atoms with Crippen LogP contribution in [0.3, 0.4) is 0 Å². The Labute approximate surface area is 84.2 Å². The fraction of sp³-hybridized carbons (Fsp3) is 0.273. The van der Waals surface area contributed by atoms with Crippen molar-refractivity contribution in [3.8, 4) is 0 Å². The third-order valence-electron chi connectivity index (χ3n) is 2.15. The molecule has 1 rings (SSSR count). The summed E-state index contributed by atoms with van der Waals surface area (Å²) in [6.45, 7) is 3.98. The van der Waals surface area contributed by atoms with Crippen molar-refractivity contribution >= 4 is 17.3 Å². The van der Waals surface area contributed by atoms with E-state index in [4.69, 9.17) is 17.3 Å². The zero-order valence-electron chi connectivity index (χ0n) is 7.92. The molecule has 70 valence electrons. The summed E-state index contributed by atoms with van der Waals surface area (Å²) in [7, 11) is 0. The Bertz CT molecular complexity index is 318. The van der Waals surface area contributed by atoms with Gasteiger partial charge in [0.1, 0.15) is 0 Å². The van der Waals surface area contributed by atoms with Crippen LogP contribution in [0.1, 0.15) is 25.3 Å².